The SMILES string of the molecule is Cc1ccccc1-c1cccc(S(=O)(=O)NC#N)c1[N+](=O)[O-]. The summed E-state index contributed by atoms with van der Waals surface area (Å²) in [4.78, 5) is 10.1. The van der Waals surface area contributed by atoms with E-state index in [4.69, 9.17) is 5.26 Å². The summed E-state index contributed by atoms with van der Waals surface area (Å²) < 4.78 is 25.6. The Morgan fingerprint density at radius 1 is 1.14 bits per heavy atom. The molecule has 0 radical (unpaired) electrons. The molecule has 0 aliphatic carbocycles. The number of nitro benzene ring substituents is 1. The lowest BCUT2D eigenvalue weighted by atomic mass is 9.99. The van der Waals surface area contributed by atoms with Gasteiger partial charge in [0.05, 0.1) is 10.5 Å². The van der Waals surface area contributed by atoms with E-state index in [9.17, 15) is 18.5 Å². The molecule has 0 spiro atoms. The van der Waals surface area contributed by atoms with Gasteiger partial charge in [0.15, 0.2) is 11.1 Å². The molecular formula is C14H11N3O4S. The molecule has 2 aromatic carbocycles. The highest BCUT2D eigenvalue weighted by atomic mass is 32.2. The second-order valence-corrected chi connectivity index (χ2v) is 6.09. The van der Waals surface area contributed by atoms with Crippen LogP contribution in [0.4, 0.5) is 5.69 Å². The third-order valence-corrected chi connectivity index (χ3v) is 4.35. The number of hydrogen-bond donors (Lipinski definition) is 1. The smallest absolute Gasteiger partial charge is 0.258 e. The summed E-state index contributed by atoms with van der Waals surface area (Å²) in [6.07, 6.45) is 1.28. The summed E-state index contributed by atoms with van der Waals surface area (Å²) in [6, 6.07) is 10.9. The van der Waals surface area contributed by atoms with Crippen molar-refractivity contribution in [3.63, 3.8) is 0 Å². The van der Waals surface area contributed by atoms with Gasteiger partial charge in [-0.3, -0.25) is 10.1 Å². The molecule has 0 unspecified atom stereocenters. The Kier molecular flexibility index (Phi) is 4.10. The van der Waals surface area contributed by atoms with Crippen LogP contribution < -0.4 is 4.72 Å². The van der Waals surface area contributed by atoms with Crippen LogP contribution in [0, 0.1) is 28.5 Å². The Hall–Kier alpha value is -2.92. The van der Waals surface area contributed by atoms with Crippen LogP contribution in [0.5, 0.6) is 0 Å². The van der Waals surface area contributed by atoms with Crippen molar-refractivity contribution in [2.45, 2.75) is 11.8 Å². The normalized spacial score (nSPS) is 10.7. The van der Waals surface area contributed by atoms with Crippen molar-refractivity contribution < 1.29 is 13.3 Å². The minimum Gasteiger partial charge on any atom is -0.258 e. The van der Waals surface area contributed by atoms with Gasteiger partial charge >= 0.3 is 0 Å². The highest BCUT2D eigenvalue weighted by molar-refractivity contribution is 7.89. The van der Waals surface area contributed by atoms with Crippen LogP contribution in [0.15, 0.2) is 47.4 Å². The first-order valence-electron chi connectivity index (χ1n) is 6.13. The van der Waals surface area contributed by atoms with Gasteiger partial charge < -0.3 is 0 Å². The first-order chi connectivity index (χ1) is 10.4. The first kappa shape index (κ1) is 15.5. The van der Waals surface area contributed by atoms with E-state index in [2.05, 4.69) is 0 Å². The van der Waals surface area contributed by atoms with Crippen LogP contribution >= 0.6 is 0 Å². The summed E-state index contributed by atoms with van der Waals surface area (Å²) >= 11 is 0. The van der Waals surface area contributed by atoms with E-state index in [0.717, 1.165) is 11.6 Å². The summed E-state index contributed by atoms with van der Waals surface area (Å²) in [6.45, 7) is 1.77. The van der Waals surface area contributed by atoms with E-state index in [1.54, 1.807) is 35.9 Å². The number of sulfonamides is 1. The van der Waals surface area contributed by atoms with Gasteiger partial charge in [-0.2, -0.15) is 5.26 Å². The third kappa shape index (κ3) is 2.75. The lowest BCUT2D eigenvalue weighted by Gasteiger charge is -2.09. The zero-order valence-electron chi connectivity index (χ0n) is 11.5. The number of nitro groups is 1. The largest absolute Gasteiger partial charge is 0.297 e. The van der Waals surface area contributed by atoms with Gasteiger partial charge in [0.25, 0.3) is 15.7 Å². The molecule has 0 saturated heterocycles. The number of aryl methyl sites for hydroxylation is 1. The van der Waals surface area contributed by atoms with Gasteiger partial charge in [0, 0.05) is 0 Å². The summed E-state index contributed by atoms with van der Waals surface area (Å²) in [7, 11) is -4.28. The topological polar surface area (TPSA) is 113 Å². The second-order valence-electron chi connectivity index (χ2n) is 4.44. The molecule has 0 amide bonds. The molecule has 0 aromatic heterocycles. The number of hydrogen-bond acceptors (Lipinski definition) is 5. The highest BCUT2D eigenvalue weighted by Crippen LogP contribution is 2.36. The monoisotopic (exact) mass is 317 g/mol. The predicted octanol–water partition coefficient (Wildman–Crippen LogP) is 2.33. The molecular weight excluding hydrogens is 306 g/mol. The van der Waals surface area contributed by atoms with Crippen molar-refractivity contribution in [1.29, 1.82) is 5.26 Å². The van der Waals surface area contributed by atoms with Gasteiger partial charge in [-0.05, 0) is 30.2 Å². The lowest BCUT2D eigenvalue weighted by Crippen LogP contribution is -2.19. The van der Waals surface area contributed by atoms with Gasteiger partial charge in [-0.1, -0.05) is 30.3 Å². The highest BCUT2D eigenvalue weighted by Gasteiger charge is 2.29. The van der Waals surface area contributed by atoms with E-state index in [0.29, 0.717) is 5.56 Å². The molecule has 0 bridgehead atoms. The van der Waals surface area contributed by atoms with E-state index in [1.165, 1.54) is 18.3 Å². The Morgan fingerprint density at radius 2 is 1.77 bits per heavy atom. The maximum absolute atomic E-state index is 12.0. The van der Waals surface area contributed by atoms with Crippen LogP contribution in [-0.4, -0.2) is 13.3 Å². The van der Waals surface area contributed by atoms with E-state index in [-0.39, 0.29) is 5.56 Å². The maximum atomic E-state index is 12.0. The molecule has 0 saturated carbocycles. The van der Waals surface area contributed by atoms with Gasteiger partial charge in [-0.25, -0.2) is 13.1 Å². The minimum absolute atomic E-state index is 0.184. The van der Waals surface area contributed by atoms with Gasteiger partial charge in [0.1, 0.15) is 0 Å². The van der Waals surface area contributed by atoms with Crippen molar-refractivity contribution in [2.75, 3.05) is 0 Å². The quantitative estimate of drug-likeness (QED) is 0.402. The fraction of sp³-hybridized carbons (Fsp3) is 0.0714. The molecule has 112 valence electrons. The summed E-state index contributed by atoms with van der Waals surface area (Å²) in [5.74, 6) is 0. The minimum atomic E-state index is -4.28. The van der Waals surface area contributed by atoms with Crippen LogP contribution in [0.2, 0.25) is 0 Å². The Balaban J connectivity index is 2.82. The van der Waals surface area contributed by atoms with Crippen molar-refractivity contribution >= 4 is 15.7 Å². The first-order valence-corrected chi connectivity index (χ1v) is 7.61. The third-order valence-electron chi connectivity index (χ3n) is 3.09. The number of benzene rings is 2. The van der Waals surface area contributed by atoms with Crippen LogP contribution in [0.3, 0.4) is 0 Å². The van der Waals surface area contributed by atoms with Crippen molar-refractivity contribution in [3.8, 4) is 17.3 Å². The van der Waals surface area contributed by atoms with E-state index in [1.807, 2.05) is 0 Å². The maximum Gasteiger partial charge on any atom is 0.297 e. The van der Waals surface area contributed by atoms with Crippen LogP contribution in [0.25, 0.3) is 11.1 Å². The molecule has 0 heterocycles. The van der Waals surface area contributed by atoms with Gasteiger partial charge in [0.2, 0.25) is 0 Å². The van der Waals surface area contributed by atoms with E-state index >= 15 is 0 Å². The fourth-order valence-corrected chi connectivity index (χ4v) is 3.06. The number of nitrogens with one attached hydrogen (secondary N) is 1. The summed E-state index contributed by atoms with van der Waals surface area (Å²) in [5, 5.41) is 19.9. The molecule has 2 aromatic rings. The number of para-hydroxylation sites is 1. The molecule has 1 N–H and O–H groups in total. The molecule has 0 fully saturated rings. The molecule has 0 atom stereocenters. The number of nitrogens with zero attached hydrogens (tertiary/aromatic N) is 2. The number of nitriles is 1. The van der Waals surface area contributed by atoms with Crippen LogP contribution in [-0.2, 0) is 10.0 Å². The molecule has 0 aliphatic heterocycles. The van der Waals surface area contributed by atoms with Crippen LogP contribution in [0.1, 0.15) is 5.56 Å². The lowest BCUT2D eigenvalue weighted by molar-refractivity contribution is -0.387. The number of rotatable bonds is 4. The molecule has 8 heteroatoms. The fourth-order valence-electron chi connectivity index (χ4n) is 2.14. The average molecular weight is 317 g/mol. The standard InChI is InChI=1S/C14H11N3O4S/c1-10-5-2-3-6-11(10)12-7-4-8-13(14(12)17(18)19)22(20,21)16-9-15/h2-8,16H,1H3. The van der Waals surface area contributed by atoms with Crippen molar-refractivity contribution in [2.24, 2.45) is 0 Å². The average Bonchev–Trinajstić information content (AvgIpc) is 2.47. The zero-order valence-corrected chi connectivity index (χ0v) is 12.3. The van der Waals surface area contributed by atoms with E-state index < -0.39 is 25.5 Å². The molecule has 7 nitrogen and oxygen atoms in total. The Labute approximate surface area is 127 Å². The van der Waals surface area contributed by atoms with Crippen molar-refractivity contribution in [1.82, 2.24) is 4.72 Å². The molecule has 0 aliphatic rings. The Bertz CT molecular complexity index is 885. The summed E-state index contributed by atoms with van der Waals surface area (Å²) in [5.41, 5.74) is 0.958. The molecule has 2 rings (SSSR count). The van der Waals surface area contributed by atoms with Crippen molar-refractivity contribution in [3.05, 3.63) is 58.1 Å². The zero-order chi connectivity index (χ0) is 16.3. The Morgan fingerprint density at radius 3 is 2.36 bits per heavy atom. The second kappa shape index (κ2) is 5.83. The predicted molar refractivity (Wildman–Crippen MR) is 79.2 cm³/mol. The van der Waals surface area contributed by atoms with Gasteiger partial charge in [-0.15, -0.1) is 0 Å². The molecule has 22 heavy (non-hydrogen) atoms.